The van der Waals surface area contributed by atoms with Crippen LogP contribution in [-0.2, 0) is 65.4 Å². The first-order valence-corrected chi connectivity index (χ1v) is 41.2. The number of hydrogen-bond donors (Lipinski definition) is 3. The van der Waals surface area contributed by atoms with Crippen molar-refractivity contribution in [1.29, 1.82) is 0 Å². The Morgan fingerprint density at radius 3 is 0.763 bits per heavy atom. The molecule has 0 spiro atoms. The smallest absolute Gasteiger partial charge is 0.462 e. The molecule has 0 aliphatic carbocycles. The van der Waals surface area contributed by atoms with Gasteiger partial charge in [0.1, 0.15) is 19.3 Å². The number of carbonyl (C=O) groups is 4. The van der Waals surface area contributed by atoms with Crippen LogP contribution in [0.4, 0.5) is 0 Å². The van der Waals surface area contributed by atoms with Crippen molar-refractivity contribution in [2.24, 2.45) is 23.7 Å². The Hall–Kier alpha value is -1.94. The van der Waals surface area contributed by atoms with Gasteiger partial charge in [-0.1, -0.05) is 319 Å². The monoisotopic (exact) mass is 1370 g/mol. The number of unbranched alkanes of at least 4 members (excludes halogenated alkanes) is 36. The lowest BCUT2D eigenvalue weighted by Gasteiger charge is -2.21. The van der Waals surface area contributed by atoms with E-state index < -0.39 is 97.5 Å². The molecule has 4 unspecified atom stereocenters. The highest BCUT2D eigenvalue weighted by Crippen LogP contribution is 2.45. The quantitative estimate of drug-likeness (QED) is 0.0222. The van der Waals surface area contributed by atoms with Gasteiger partial charge in [-0.3, -0.25) is 37.3 Å². The molecule has 0 heterocycles. The van der Waals surface area contributed by atoms with Gasteiger partial charge in [0.05, 0.1) is 26.4 Å². The van der Waals surface area contributed by atoms with Gasteiger partial charge in [0.25, 0.3) is 0 Å². The molecule has 93 heavy (non-hydrogen) atoms. The minimum atomic E-state index is -4.95. The number of rotatable bonds is 71. The number of phosphoric acid groups is 2. The number of aliphatic hydroxyl groups is 1. The van der Waals surface area contributed by atoms with Gasteiger partial charge in [-0.25, -0.2) is 9.13 Å². The zero-order valence-electron chi connectivity index (χ0n) is 60.9. The van der Waals surface area contributed by atoms with Crippen LogP contribution in [0.1, 0.15) is 370 Å². The Kier molecular flexibility index (Phi) is 62.2. The van der Waals surface area contributed by atoms with E-state index in [4.69, 9.17) is 37.0 Å². The Balaban J connectivity index is 5.18. The summed E-state index contributed by atoms with van der Waals surface area (Å²) >= 11 is 0. The van der Waals surface area contributed by atoms with Gasteiger partial charge in [-0.15, -0.1) is 0 Å². The molecule has 0 saturated heterocycles. The van der Waals surface area contributed by atoms with Gasteiger partial charge in [-0.05, 0) is 49.4 Å². The van der Waals surface area contributed by atoms with Gasteiger partial charge < -0.3 is 33.8 Å². The molecule has 0 aromatic heterocycles. The molecule has 0 rings (SSSR count). The Morgan fingerprint density at radius 2 is 0.516 bits per heavy atom. The molecular weight excluding hydrogens is 1220 g/mol. The van der Waals surface area contributed by atoms with Crippen molar-refractivity contribution in [3.8, 4) is 0 Å². The lowest BCUT2D eigenvalue weighted by Crippen LogP contribution is -2.30. The lowest BCUT2D eigenvalue weighted by atomic mass is 10.00. The summed E-state index contributed by atoms with van der Waals surface area (Å²) in [5.41, 5.74) is 0. The van der Waals surface area contributed by atoms with Crippen LogP contribution in [0.25, 0.3) is 0 Å². The van der Waals surface area contributed by atoms with Gasteiger partial charge in [-0.2, -0.15) is 0 Å². The predicted molar refractivity (Wildman–Crippen MR) is 377 cm³/mol. The van der Waals surface area contributed by atoms with Crippen molar-refractivity contribution in [2.45, 2.75) is 388 Å². The van der Waals surface area contributed by atoms with E-state index >= 15 is 0 Å². The average molecular weight is 1370 g/mol. The molecule has 0 aromatic rings. The molecule has 17 nitrogen and oxygen atoms in total. The summed E-state index contributed by atoms with van der Waals surface area (Å²) in [5.74, 6) is 0.866. The number of ether oxygens (including phenoxy) is 4. The van der Waals surface area contributed by atoms with Crippen molar-refractivity contribution >= 4 is 39.5 Å². The Bertz CT molecular complexity index is 1840. The van der Waals surface area contributed by atoms with Gasteiger partial charge >= 0.3 is 39.5 Å². The normalized spacial score (nSPS) is 14.5. The highest BCUT2D eigenvalue weighted by Gasteiger charge is 2.30. The van der Waals surface area contributed by atoms with Crippen molar-refractivity contribution in [2.75, 3.05) is 39.6 Å². The third kappa shape index (κ3) is 67.0. The molecule has 3 N–H and O–H groups in total. The van der Waals surface area contributed by atoms with E-state index in [1.807, 2.05) is 0 Å². The minimum Gasteiger partial charge on any atom is -0.462 e. The highest BCUT2D eigenvalue weighted by molar-refractivity contribution is 7.47. The molecular formula is C74H144O17P2. The number of esters is 4. The summed E-state index contributed by atoms with van der Waals surface area (Å²) in [7, 11) is -9.91. The standard InChI is InChI=1S/C74H144O17P2/c1-9-67(8)53-45-37-31-33-41-49-57-74(79)91-70(60-84-71(76)54-46-38-28-24-20-16-12-10-14-18-22-26-34-42-50-64(2)3)63-89-93(82,83)87-59-68(75)58-86-92(80,81)88-62-69(61-85-72(77)55-47-39-32-30-36-44-52-66(6)7)90-73(78)56-48-40-29-25-21-17-13-11-15-19-23-27-35-43-51-65(4)5/h64-70,75H,9-63H2,1-8H3,(H,80,81)(H,82,83)/t67?,68?,69-,70-/m1/s1. The van der Waals surface area contributed by atoms with Gasteiger partial charge in [0.2, 0.25) is 0 Å². The second-order valence-corrected chi connectivity index (χ2v) is 31.3. The largest absolute Gasteiger partial charge is 0.472 e. The topological polar surface area (TPSA) is 237 Å². The second-order valence-electron chi connectivity index (χ2n) is 28.4. The fourth-order valence-corrected chi connectivity index (χ4v) is 12.7. The molecule has 0 aliphatic heterocycles. The first-order valence-electron chi connectivity index (χ1n) is 38.2. The maximum atomic E-state index is 13.0. The first kappa shape index (κ1) is 91.1. The summed E-state index contributed by atoms with van der Waals surface area (Å²) in [6.07, 6.45) is 47.4. The molecule has 0 aromatic carbocycles. The zero-order chi connectivity index (χ0) is 68.9. The van der Waals surface area contributed by atoms with Crippen molar-refractivity contribution < 1.29 is 80.2 Å². The van der Waals surface area contributed by atoms with E-state index in [1.165, 1.54) is 167 Å². The van der Waals surface area contributed by atoms with Gasteiger partial charge in [0.15, 0.2) is 12.2 Å². The van der Waals surface area contributed by atoms with Crippen LogP contribution in [0.2, 0.25) is 0 Å². The van der Waals surface area contributed by atoms with Crippen molar-refractivity contribution in [3.05, 3.63) is 0 Å². The summed E-state index contributed by atoms with van der Waals surface area (Å²) in [5, 5.41) is 10.6. The van der Waals surface area contributed by atoms with E-state index in [0.29, 0.717) is 31.6 Å². The van der Waals surface area contributed by atoms with E-state index in [2.05, 4.69) is 55.4 Å². The molecule has 0 amide bonds. The Morgan fingerprint density at radius 1 is 0.301 bits per heavy atom. The van der Waals surface area contributed by atoms with Crippen LogP contribution >= 0.6 is 15.6 Å². The van der Waals surface area contributed by atoms with Crippen LogP contribution in [0.3, 0.4) is 0 Å². The lowest BCUT2D eigenvalue weighted by molar-refractivity contribution is -0.161. The minimum absolute atomic E-state index is 0.103. The molecule has 0 fully saturated rings. The third-order valence-corrected chi connectivity index (χ3v) is 19.3. The summed E-state index contributed by atoms with van der Waals surface area (Å²) < 4.78 is 68.4. The summed E-state index contributed by atoms with van der Waals surface area (Å²) in [6, 6.07) is 0. The summed E-state index contributed by atoms with van der Waals surface area (Å²) in [4.78, 5) is 72.6. The van der Waals surface area contributed by atoms with Crippen molar-refractivity contribution in [3.63, 3.8) is 0 Å². The van der Waals surface area contributed by atoms with Gasteiger partial charge in [0, 0.05) is 25.7 Å². The number of phosphoric ester groups is 2. The maximum absolute atomic E-state index is 13.0. The maximum Gasteiger partial charge on any atom is 0.472 e. The molecule has 552 valence electrons. The number of hydrogen-bond acceptors (Lipinski definition) is 15. The van der Waals surface area contributed by atoms with Crippen LogP contribution < -0.4 is 0 Å². The SMILES string of the molecule is CCC(C)CCCCCCCCC(=O)O[C@H](COC(=O)CCCCCCCCCCCCCCCCC(C)C)COP(=O)(O)OCC(O)COP(=O)(O)OC[C@@H](COC(=O)CCCCCCCCC(C)C)OC(=O)CCCCCCCCCCCCCCCCC(C)C. The van der Waals surface area contributed by atoms with Crippen LogP contribution in [0.15, 0.2) is 0 Å². The zero-order valence-corrected chi connectivity index (χ0v) is 62.7. The summed E-state index contributed by atoms with van der Waals surface area (Å²) in [6.45, 7) is 14.1. The van der Waals surface area contributed by atoms with E-state index in [1.54, 1.807) is 0 Å². The number of aliphatic hydroxyl groups excluding tert-OH is 1. The van der Waals surface area contributed by atoms with Crippen LogP contribution in [0, 0.1) is 23.7 Å². The fraction of sp³-hybridized carbons (Fsp3) is 0.946. The molecule has 0 bridgehead atoms. The fourth-order valence-electron chi connectivity index (χ4n) is 11.2. The van der Waals surface area contributed by atoms with Crippen molar-refractivity contribution in [1.82, 2.24) is 0 Å². The molecule has 19 heteroatoms. The molecule has 0 aliphatic rings. The average Bonchev–Trinajstić information content (AvgIpc) is 3.72. The van der Waals surface area contributed by atoms with Crippen LogP contribution in [0.5, 0.6) is 0 Å². The number of carbonyl (C=O) groups excluding carboxylic acids is 4. The highest BCUT2D eigenvalue weighted by atomic mass is 31.2. The van der Waals surface area contributed by atoms with E-state index in [9.17, 15) is 43.2 Å². The van der Waals surface area contributed by atoms with E-state index in [0.717, 1.165) is 114 Å². The second kappa shape index (κ2) is 63.5. The van der Waals surface area contributed by atoms with Crippen LogP contribution in [-0.4, -0.2) is 96.7 Å². The molecule has 6 atom stereocenters. The van der Waals surface area contributed by atoms with E-state index in [-0.39, 0.29) is 25.7 Å². The predicted octanol–water partition coefficient (Wildman–Crippen LogP) is 21.3. The molecule has 0 saturated carbocycles. The first-order chi connectivity index (χ1) is 44.6. The Labute approximate surface area is 568 Å². The molecule has 0 radical (unpaired) electrons. The third-order valence-electron chi connectivity index (χ3n) is 17.4.